The lowest BCUT2D eigenvalue weighted by molar-refractivity contribution is 0.0945. The molecule has 0 atom stereocenters. The van der Waals surface area contributed by atoms with Crippen LogP contribution in [0.2, 0.25) is 0 Å². The topological polar surface area (TPSA) is 62.7 Å². The van der Waals surface area contributed by atoms with Crippen LogP contribution >= 0.6 is 0 Å². The highest BCUT2D eigenvalue weighted by Crippen LogP contribution is 2.19. The number of rotatable bonds is 5. The number of carbonyl (C=O) groups excluding carboxylic acids is 1. The number of carbonyl (C=O) groups is 1. The fraction of sp³-hybridized carbons (Fsp3) is 0.143. The molecule has 0 aliphatic heterocycles. The monoisotopic (exact) mass is 344 g/mol. The van der Waals surface area contributed by atoms with Crippen molar-refractivity contribution in [2.45, 2.75) is 6.42 Å². The molecule has 0 bridgehead atoms. The average molecular weight is 344 g/mol. The van der Waals surface area contributed by atoms with Crippen molar-refractivity contribution in [3.05, 3.63) is 78.1 Å². The molecule has 5 heteroatoms. The van der Waals surface area contributed by atoms with Gasteiger partial charge < -0.3 is 10.3 Å². The summed E-state index contributed by atoms with van der Waals surface area (Å²) >= 11 is 0. The lowest BCUT2D eigenvalue weighted by Crippen LogP contribution is -2.27. The average Bonchev–Trinajstić information content (AvgIpc) is 3.26. The standard InChI is InChI=1S/C21H20N4O/c1-25-20(13-19(24-25)15-7-3-2-4-8-15)21(26)22-12-11-16-14-23-18-10-6-5-9-17(16)18/h2-10,13-14,23H,11-12H2,1H3,(H,22,26). The molecule has 0 fully saturated rings. The lowest BCUT2D eigenvalue weighted by atomic mass is 10.1. The Hall–Kier alpha value is -3.34. The molecule has 5 nitrogen and oxygen atoms in total. The van der Waals surface area contributed by atoms with Crippen LogP contribution in [0.4, 0.5) is 0 Å². The predicted octanol–water partition coefficient (Wildman–Crippen LogP) is 3.54. The minimum Gasteiger partial charge on any atom is -0.361 e. The van der Waals surface area contributed by atoms with Gasteiger partial charge in [-0.2, -0.15) is 5.10 Å². The lowest BCUT2D eigenvalue weighted by Gasteiger charge is -2.04. The third-order valence-corrected chi connectivity index (χ3v) is 4.54. The SMILES string of the molecule is Cn1nc(-c2ccccc2)cc1C(=O)NCCc1c[nH]c2ccccc12. The first-order valence-corrected chi connectivity index (χ1v) is 8.65. The van der Waals surface area contributed by atoms with Gasteiger partial charge in [-0.05, 0) is 24.1 Å². The molecule has 26 heavy (non-hydrogen) atoms. The van der Waals surface area contributed by atoms with Gasteiger partial charge in [-0.15, -0.1) is 0 Å². The van der Waals surface area contributed by atoms with E-state index < -0.39 is 0 Å². The maximum Gasteiger partial charge on any atom is 0.269 e. The highest BCUT2D eigenvalue weighted by atomic mass is 16.2. The maximum atomic E-state index is 12.5. The summed E-state index contributed by atoms with van der Waals surface area (Å²) in [5.41, 5.74) is 4.68. The summed E-state index contributed by atoms with van der Waals surface area (Å²) in [6, 6.07) is 19.9. The van der Waals surface area contributed by atoms with Gasteiger partial charge in [0.05, 0.1) is 5.69 Å². The summed E-state index contributed by atoms with van der Waals surface area (Å²) in [5.74, 6) is -0.109. The van der Waals surface area contributed by atoms with Crippen molar-refractivity contribution < 1.29 is 4.79 Å². The molecular formula is C21H20N4O. The number of aromatic nitrogens is 3. The van der Waals surface area contributed by atoms with Crippen molar-refractivity contribution in [2.24, 2.45) is 7.05 Å². The zero-order valence-electron chi connectivity index (χ0n) is 14.6. The van der Waals surface area contributed by atoms with Crippen LogP contribution in [0.5, 0.6) is 0 Å². The summed E-state index contributed by atoms with van der Waals surface area (Å²) in [4.78, 5) is 15.8. The Morgan fingerprint density at radius 2 is 1.88 bits per heavy atom. The summed E-state index contributed by atoms with van der Waals surface area (Å²) in [5, 5.41) is 8.65. The van der Waals surface area contributed by atoms with Gasteiger partial charge in [0.1, 0.15) is 5.69 Å². The van der Waals surface area contributed by atoms with Gasteiger partial charge in [0.25, 0.3) is 5.91 Å². The fourth-order valence-electron chi connectivity index (χ4n) is 3.17. The molecule has 4 aromatic rings. The van der Waals surface area contributed by atoms with Gasteiger partial charge in [0.2, 0.25) is 0 Å². The van der Waals surface area contributed by atoms with E-state index in [0.717, 1.165) is 23.2 Å². The maximum absolute atomic E-state index is 12.5. The first kappa shape index (κ1) is 16.1. The van der Waals surface area contributed by atoms with E-state index in [1.165, 1.54) is 10.9 Å². The highest BCUT2D eigenvalue weighted by Gasteiger charge is 2.14. The molecule has 2 heterocycles. The number of aromatic amines is 1. The molecule has 0 saturated heterocycles. The van der Waals surface area contributed by atoms with Crippen molar-refractivity contribution in [3.8, 4) is 11.3 Å². The molecule has 0 radical (unpaired) electrons. The second-order valence-electron chi connectivity index (χ2n) is 6.27. The molecule has 2 N–H and O–H groups in total. The number of para-hydroxylation sites is 1. The zero-order chi connectivity index (χ0) is 17.9. The van der Waals surface area contributed by atoms with Crippen LogP contribution < -0.4 is 5.32 Å². The van der Waals surface area contributed by atoms with Crippen molar-refractivity contribution in [1.82, 2.24) is 20.1 Å². The van der Waals surface area contributed by atoms with Crippen molar-refractivity contribution in [2.75, 3.05) is 6.54 Å². The molecule has 0 spiro atoms. The zero-order valence-corrected chi connectivity index (χ0v) is 14.6. The van der Waals surface area contributed by atoms with Crippen LogP contribution in [0.25, 0.3) is 22.2 Å². The predicted molar refractivity (Wildman–Crippen MR) is 103 cm³/mol. The van der Waals surface area contributed by atoms with Gasteiger partial charge in [-0.25, -0.2) is 0 Å². The van der Waals surface area contributed by atoms with Gasteiger partial charge in [-0.3, -0.25) is 9.48 Å². The number of amides is 1. The normalized spacial score (nSPS) is 11.0. The van der Waals surface area contributed by atoms with E-state index in [2.05, 4.69) is 27.5 Å². The van der Waals surface area contributed by atoms with E-state index in [9.17, 15) is 4.79 Å². The Morgan fingerprint density at radius 3 is 2.73 bits per heavy atom. The Balaban J connectivity index is 1.43. The summed E-state index contributed by atoms with van der Waals surface area (Å²) in [6.45, 7) is 0.576. The van der Waals surface area contributed by atoms with E-state index in [1.54, 1.807) is 11.7 Å². The molecule has 0 aliphatic carbocycles. The number of benzene rings is 2. The number of hydrogen-bond donors (Lipinski definition) is 2. The van der Waals surface area contributed by atoms with E-state index >= 15 is 0 Å². The minimum absolute atomic E-state index is 0.109. The number of hydrogen-bond acceptors (Lipinski definition) is 2. The number of nitrogens with zero attached hydrogens (tertiary/aromatic N) is 2. The Kier molecular flexibility index (Phi) is 4.27. The second kappa shape index (κ2) is 6.88. The quantitative estimate of drug-likeness (QED) is 0.582. The van der Waals surface area contributed by atoms with Gasteiger partial charge in [0, 0.05) is 36.3 Å². The first-order valence-electron chi connectivity index (χ1n) is 8.65. The van der Waals surface area contributed by atoms with Crippen LogP contribution in [-0.2, 0) is 13.5 Å². The summed E-state index contributed by atoms with van der Waals surface area (Å²) in [6.07, 6.45) is 2.79. The molecule has 2 aromatic carbocycles. The smallest absolute Gasteiger partial charge is 0.269 e. The molecule has 0 aliphatic rings. The second-order valence-corrected chi connectivity index (χ2v) is 6.27. The fourth-order valence-corrected chi connectivity index (χ4v) is 3.17. The molecule has 0 saturated carbocycles. The van der Waals surface area contributed by atoms with Crippen LogP contribution in [0.15, 0.2) is 66.9 Å². The number of H-pyrrole nitrogens is 1. The van der Waals surface area contributed by atoms with Crippen LogP contribution in [0.3, 0.4) is 0 Å². The Bertz CT molecular complexity index is 1050. The van der Waals surface area contributed by atoms with Gasteiger partial charge in [0.15, 0.2) is 0 Å². The molecular weight excluding hydrogens is 324 g/mol. The van der Waals surface area contributed by atoms with E-state index in [1.807, 2.05) is 54.7 Å². The van der Waals surface area contributed by atoms with Crippen molar-refractivity contribution in [3.63, 3.8) is 0 Å². The van der Waals surface area contributed by atoms with Crippen LogP contribution in [0, 0.1) is 0 Å². The highest BCUT2D eigenvalue weighted by molar-refractivity contribution is 5.93. The number of aryl methyl sites for hydroxylation is 1. The molecule has 4 rings (SSSR count). The summed E-state index contributed by atoms with van der Waals surface area (Å²) in [7, 11) is 1.79. The largest absolute Gasteiger partial charge is 0.361 e. The molecule has 2 aromatic heterocycles. The number of fused-ring (bicyclic) bond motifs is 1. The van der Waals surface area contributed by atoms with E-state index in [4.69, 9.17) is 0 Å². The third kappa shape index (κ3) is 3.11. The third-order valence-electron chi connectivity index (χ3n) is 4.54. The number of nitrogens with one attached hydrogen (secondary N) is 2. The Morgan fingerprint density at radius 1 is 1.12 bits per heavy atom. The van der Waals surface area contributed by atoms with E-state index in [0.29, 0.717) is 12.2 Å². The minimum atomic E-state index is -0.109. The van der Waals surface area contributed by atoms with Gasteiger partial charge >= 0.3 is 0 Å². The van der Waals surface area contributed by atoms with Crippen molar-refractivity contribution >= 4 is 16.8 Å². The molecule has 1 amide bonds. The Labute approximate surface area is 151 Å². The molecule has 130 valence electrons. The summed E-state index contributed by atoms with van der Waals surface area (Å²) < 4.78 is 1.63. The van der Waals surface area contributed by atoms with E-state index in [-0.39, 0.29) is 5.91 Å². The molecule has 0 unspecified atom stereocenters. The van der Waals surface area contributed by atoms with Gasteiger partial charge in [-0.1, -0.05) is 48.5 Å². The van der Waals surface area contributed by atoms with Crippen molar-refractivity contribution in [1.29, 1.82) is 0 Å². The van der Waals surface area contributed by atoms with Crippen LogP contribution in [0.1, 0.15) is 16.1 Å². The van der Waals surface area contributed by atoms with Crippen LogP contribution in [-0.4, -0.2) is 27.2 Å². The first-order chi connectivity index (χ1) is 12.7.